The first kappa shape index (κ1) is 27.4. The lowest BCUT2D eigenvalue weighted by molar-refractivity contribution is -0.144. The summed E-state index contributed by atoms with van der Waals surface area (Å²) in [5.41, 5.74) is 2.56. The average Bonchev–Trinajstić information content (AvgIpc) is 3.28. The Balaban J connectivity index is 1.40. The molecule has 6 rings (SSSR count). The highest BCUT2D eigenvalue weighted by molar-refractivity contribution is 6.06. The summed E-state index contributed by atoms with van der Waals surface area (Å²) in [6.07, 6.45) is 8.08. The van der Waals surface area contributed by atoms with Crippen molar-refractivity contribution in [1.29, 1.82) is 0 Å². The molecule has 1 unspecified atom stereocenters. The predicted octanol–water partition coefficient (Wildman–Crippen LogP) is 3.16. The van der Waals surface area contributed by atoms with E-state index in [1.165, 1.54) is 0 Å². The molecule has 8 nitrogen and oxygen atoms in total. The summed E-state index contributed by atoms with van der Waals surface area (Å²) in [6, 6.07) is 14.9. The SMILES string of the molecule is Cc1ccc(C)c(N2CC=C[C@]34O[C@H]5C=CCN(Cc6ccccc6)C(=O)[C@H]5[C@H]3C(=O)N(CCCCO)C4C2=O)c1. The van der Waals surface area contributed by atoms with E-state index < -0.39 is 29.6 Å². The van der Waals surface area contributed by atoms with Gasteiger partial charge in [0.05, 0.1) is 17.9 Å². The Hall–Kier alpha value is -3.75. The minimum atomic E-state index is -1.26. The second-order valence-electron chi connectivity index (χ2n) is 11.6. The van der Waals surface area contributed by atoms with E-state index in [1.807, 2.05) is 86.7 Å². The summed E-state index contributed by atoms with van der Waals surface area (Å²) in [5, 5.41) is 9.44. The molecule has 41 heavy (non-hydrogen) atoms. The van der Waals surface area contributed by atoms with Crippen molar-refractivity contribution in [1.82, 2.24) is 9.80 Å². The summed E-state index contributed by atoms with van der Waals surface area (Å²) in [6.45, 7) is 5.48. The largest absolute Gasteiger partial charge is 0.396 e. The number of amides is 3. The minimum absolute atomic E-state index is 0.00263. The van der Waals surface area contributed by atoms with Crippen LogP contribution in [0, 0.1) is 25.7 Å². The molecule has 1 spiro atoms. The van der Waals surface area contributed by atoms with Crippen LogP contribution in [0.4, 0.5) is 5.69 Å². The smallest absolute Gasteiger partial charge is 0.253 e. The van der Waals surface area contributed by atoms with Crippen LogP contribution in [-0.2, 0) is 25.7 Å². The van der Waals surface area contributed by atoms with Crippen molar-refractivity contribution in [2.75, 3.05) is 31.1 Å². The van der Waals surface area contributed by atoms with Gasteiger partial charge in [0.2, 0.25) is 11.8 Å². The topological polar surface area (TPSA) is 90.4 Å². The summed E-state index contributed by atoms with van der Waals surface area (Å²) >= 11 is 0. The van der Waals surface area contributed by atoms with Gasteiger partial charge in [0, 0.05) is 38.5 Å². The Morgan fingerprint density at radius 2 is 1.76 bits per heavy atom. The first-order valence-corrected chi connectivity index (χ1v) is 14.5. The van der Waals surface area contributed by atoms with Crippen LogP contribution in [0.2, 0.25) is 0 Å². The monoisotopic (exact) mass is 555 g/mol. The number of aryl methyl sites for hydroxylation is 2. The number of anilines is 1. The van der Waals surface area contributed by atoms with Gasteiger partial charge in [-0.05, 0) is 49.4 Å². The first-order valence-electron chi connectivity index (χ1n) is 14.5. The lowest BCUT2D eigenvalue weighted by atomic mass is 9.77. The second-order valence-corrected chi connectivity index (χ2v) is 11.6. The van der Waals surface area contributed by atoms with E-state index in [1.54, 1.807) is 14.7 Å². The van der Waals surface area contributed by atoms with Crippen molar-refractivity contribution >= 4 is 23.4 Å². The zero-order chi connectivity index (χ0) is 28.7. The van der Waals surface area contributed by atoms with Crippen LogP contribution in [0.1, 0.15) is 29.5 Å². The molecule has 2 aromatic carbocycles. The number of carbonyl (C=O) groups is 3. The van der Waals surface area contributed by atoms with Gasteiger partial charge in [0.15, 0.2) is 0 Å². The third-order valence-corrected chi connectivity index (χ3v) is 8.92. The zero-order valence-corrected chi connectivity index (χ0v) is 23.6. The fourth-order valence-corrected chi connectivity index (χ4v) is 7.00. The van der Waals surface area contributed by atoms with Crippen LogP contribution < -0.4 is 4.90 Å². The van der Waals surface area contributed by atoms with E-state index in [0.29, 0.717) is 39.0 Å². The summed E-state index contributed by atoms with van der Waals surface area (Å²) in [7, 11) is 0. The molecule has 2 fully saturated rings. The number of benzene rings is 2. The van der Waals surface area contributed by atoms with E-state index >= 15 is 0 Å². The normalized spacial score (nSPS) is 29.0. The Morgan fingerprint density at radius 3 is 2.54 bits per heavy atom. The molecular formula is C33H37N3O5. The number of aliphatic hydroxyl groups excluding tert-OH is 1. The average molecular weight is 556 g/mol. The molecule has 0 radical (unpaired) electrons. The van der Waals surface area contributed by atoms with Crippen molar-refractivity contribution in [3.8, 4) is 0 Å². The lowest BCUT2D eigenvalue weighted by Gasteiger charge is -2.35. The fourth-order valence-electron chi connectivity index (χ4n) is 7.00. The number of hydrogen-bond donors (Lipinski definition) is 1. The van der Waals surface area contributed by atoms with Crippen LogP contribution in [0.3, 0.4) is 0 Å². The van der Waals surface area contributed by atoms with Gasteiger partial charge in [-0.2, -0.15) is 0 Å². The Morgan fingerprint density at radius 1 is 0.951 bits per heavy atom. The molecule has 3 amide bonds. The third kappa shape index (κ3) is 4.59. The van der Waals surface area contributed by atoms with Crippen molar-refractivity contribution in [3.05, 3.63) is 89.5 Å². The van der Waals surface area contributed by atoms with E-state index in [0.717, 1.165) is 22.4 Å². The molecule has 214 valence electrons. The molecule has 0 aromatic heterocycles. The number of ether oxygens (including phenoxy) is 1. The van der Waals surface area contributed by atoms with Crippen molar-refractivity contribution < 1.29 is 24.2 Å². The van der Waals surface area contributed by atoms with E-state index in [4.69, 9.17) is 4.74 Å². The molecule has 0 bridgehead atoms. The first-order chi connectivity index (χ1) is 19.9. The Labute approximate surface area is 240 Å². The van der Waals surface area contributed by atoms with Gasteiger partial charge in [-0.25, -0.2) is 0 Å². The van der Waals surface area contributed by atoms with E-state index in [9.17, 15) is 19.5 Å². The zero-order valence-electron chi connectivity index (χ0n) is 23.6. The van der Waals surface area contributed by atoms with E-state index in [2.05, 4.69) is 0 Å². The van der Waals surface area contributed by atoms with Crippen LogP contribution in [0.15, 0.2) is 72.8 Å². The van der Waals surface area contributed by atoms with Gasteiger partial charge >= 0.3 is 0 Å². The maximum atomic E-state index is 14.5. The van der Waals surface area contributed by atoms with Gasteiger partial charge in [-0.3, -0.25) is 14.4 Å². The van der Waals surface area contributed by atoms with Gasteiger partial charge in [-0.1, -0.05) is 66.8 Å². The molecule has 8 heteroatoms. The van der Waals surface area contributed by atoms with Crippen LogP contribution in [0.5, 0.6) is 0 Å². The maximum Gasteiger partial charge on any atom is 0.253 e. The van der Waals surface area contributed by atoms with Crippen molar-refractivity contribution in [2.24, 2.45) is 11.8 Å². The number of carbonyl (C=O) groups excluding carboxylic acids is 3. The number of unbranched alkanes of at least 4 members (excludes halogenated alkanes) is 1. The molecule has 5 atom stereocenters. The van der Waals surface area contributed by atoms with E-state index in [-0.39, 0.29) is 24.3 Å². The van der Waals surface area contributed by atoms with Gasteiger partial charge in [0.1, 0.15) is 11.6 Å². The molecule has 4 aliphatic rings. The Kier molecular flexibility index (Phi) is 7.30. The number of hydrogen-bond acceptors (Lipinski definition) is 5. The summed E-state index contributed by atoms with van der Waals surface area (Å²) in [4.78, 5) is 48.2. The number of fused-ring (bicyclic) bond motifs is 2. The standard InChI is InChI=1S/C33H37N3O5/c1-22-13-14-23(2)25(20-22)35-18-9-15-33-28(31(39)36(17-6-7-19-37)29(33)32(35)40)27-26(41-33)12-8-16-34(30(27)38)21-24-10-4-3-5-11-24/h3-5,8-15,20,26-29,37H,6-7,16-19,21H2,1-2H3/t26-,27+,28-,29?,33-/m0/s1. The van der Waals surface area contributed by atoms with Crippen LogP contribution in [-0.4, -0.2) is 76.6 Å². The number of nitrogens with zero attached hydrogens (tertiary/aromatic N) is 3. The minimum Gasteiger partial charge on any atom is -0.396 e. The molecule has 4 aliphatic heterocycles. The van der Waals surface area contributed by atoms with Crippen LogP contribution >= 0.6 is 0 Å². The van der Waals surface area contributed by atoms with Crippen molar-refractivity contribution in [2.45, 2.75) is 51.0 Å². The molecule has 4 heterocycles. The van der Waals surface area contributed by atoms with Gasteiger partial charge < -0.3 is 24.5 Å². The Bertz CT molecular complexity index is 1400. The van der Waals surface area contributed by atoms with Gasteiger partial charge in [0.25, 0.3) is 5.91 Å². The van der Waals surface area contributed by atoms with Gasteiger partial charge in [-0.15, -0.1) is 0 Å². The lowest BCUT2D eigenvalue weighted by Crippen LogP contribution is -2.55. The molecule has 1 N–H and O–H groups in total. The highest BCUT2D eigenvalue weighted by atomic mass is 16.5. The predicted molar refractivity (Wildman–Crippen MR) is 155 cm³/mol. The summed E-state index contributed by atoms with van der Waals surface area (Å²) < 4.78 is 6.74. The highest BCUT2D eigenvalue weighted by Crippen LogP contribution is 2.53. The van der Waals surface area contributed by atoms with Crippen molar-refractivity contribution in [3.63, 3.8) is 0 Å². The maximum absolute atomic E-state index is 14.5. The highest BCUT2D eigenvalue weighted by Gasteiger charge is 2.71. The number of likely N-dealkylation sites (tertiary alicyclic amines) is 1. The molecule has 2 aromatic rings. The molecule has 0 aliphatic carbocycles. The summed E-state index contributed by atoms with van der Waals surface area (Å²) in [5.74, 6) is -2.13. The number of rotatable bonds is 7. The fraction of sp³-hybridized carbons (Fsp3) is 0.424. The second kappa shape index (κ2) is 10.9. The third-order valence-electron chi connectivity index (χ3n) is 8.92. The molecular weight excluding hydrogens is 518 g/mol. The molecule has 2 saturated heterocycles. The number of aliphatic hydroxyl groups is 1. The quantitative estimate of drug-likeness (QED) is 0.419. The van der Waals surface area contributed by atoms with Crippen LogP contribution in [0.25, 0.3) is 0 Å². The molecule has 0 saturated carbocycles.